The molecule has 0 bridgehead atoms. The van der Waals surface area contributed by atoms with Crippen LogP contribution < -0.4 is 10.6 Å². The first-order valence-electron chi connectivity index (χ1n) is 8.25. The molecule has 1 unspecified atom stereocenters. The van der Waals surface area contributed by atoms with Crippen LogP contribution in [0.4, 0.5) is 11.9 Å². The zero-order valence-electron chi connectivity index (χ0n) is 15.5. The van der Waals surface area contributed by atoms with Gasteiger partial charge in [0.2, 0.25) is 11.9 Å². The van der Waals surface area contributed by atoms with E-state index in [1.165, 1.54) is 11.1 Å². The number of hydrogen-bond acceptors (Lipinski definition) is 6. The molecule has 0 fully saturated rings. The predicted molar refractivity (Wildman–Crippen MR) is 99.0 cm³/mol. The quantitative estimate of drug-likeness (QED) is 0.879. The van der Waals surface area contributed by atoms with Gasteiger partial charge in [-0.25, -0.2) is 0 Å². The maximum absolute atomic E-state index is 5.83. The lowest BCUT2D eigenvalue weighted by Crippen LogP contribution is -2.25. The number of rotatable bonds is 6. The summed E-state index contributed by atoms with van der Waals surface area (Å²) in [4.78, 5) is 17.0. The van der Waals surface area contributed by atoms with Gasteiger partial charge >= 0.3 is 0 Å². The summed E-state index contributed by atoms with van der Waals surface area (Å²) in [6.07, 6.45) is 0. The first-order valence-corrected chi connectivity index (χ1v) is 8.25. The van der Waals surface area contributed by atoms with Crippen LogP contribution in [0.25, 0.3) is 0 Å². The lowest BCUT2D eigenvalue weighted by molar-refractivity contribution is 0.243. The van der Waals surface area contributed by atoms with Crippen LogP contribution in [-0.2, 0) is 6.54 Å². The Bertz CT molecular complexity index is 666. The van der Waals surface area contributed by atoms with Crippen LogP contribution in [0.1, 0.15) is 49.7 Å². The summed E-state index contributed by atoms with van der Waals surface area (Å²) < 4.78 is 0. The molecule has 1 atom stereocenters. The van der Waals surface area contributed by atoms with Crippen molar-refractivity contribution >= 4 is 11.9 Å². The zero-order chi connectivity index (χ0) is 17.9. The standard InChI is InChI=1S/C18H28N6/c1-12(2)15-9-7-14(8-10-15)11-24(6)13(3)16-20-17(19)22-18(21-16)23(4)5/h7-10,12-13H,11H2,1-6H3,(H2,19,20,21,22). The summed E-state index contributed by atoms with van der Waals surface area (Å²) in [5.41, 5.74) is 8.45. The van der Waals surface area contributed by atoms with Crippen molar-refractivity contribution in [1.29, 1.82) is 0 Å². The van der Waals surface area contributed by atoms with Crippen LogP contribution in [0.15, 0.2) is 24.3 Å². The van der Waals surface area contributed by atoms with Crippen LogP contribution in [0.3, 0.4) is 0 Å². The van der Waals surface area contributed by atoms with E-state index in [1.54, 1.807) is 0 Å². The molecular weight excluding hydrogens is 300 g/mol. The number of aromatic nitrogens is 3. The molecule has 1 aromatic heterocycles. The highest BCUT2D eigenvalue weighted by Gasteiger charge is 2.17. The molecule has 6 heteroatoms. The first kappa shape index (κ1) is 18.1. The molecule has 6 nitrogen and oxygen atoms in total. The summed E-state index contributed by atoms with van der Waals surface area (Å²) in [6.45, 7) is 7.31. The van der Waals surface area contributed by atoms with Crippen molar-refractivity contribution in [1.82, 2.24) is 19.9 Å². The molecule has 0 amide bonds. The molecular formula is C18H28N6. The maximum Gasteiger partial charge on any atom is 0.229 e. The van der Waals surface area contributed by atoms with Gasteiger partial charge in [0.15, 0.2) is 5.82 Å². The molecule has 0 saturated heterocycles. The van der Waals surface area contributed by atoms with Crippen molar-refractivity contribution in [3.63, 3.8) is 0 Å². The smallest absolute Gasteiger partial charge is 0.229 e. The third-order valence-electron chi connectivity index (χ3n) is 4.17. The third-order valence-corrected chi connectivity index (χ3v) is 4.17. The molecule has 2 N–H and O–H groups in total. The van der Waals surface area contributed by atoms with Gasteiger partial charge in [0.1, 0.15) is 0 Å². The van der Waals surface area contributed by atoms with Gasteiger partial charge in [0.25, 0.3) is 0 Å². The third kappa shape index (κ3) is 4.41. The van der Waals surface area contributed by atoms with E-state index in [1.807, 2.05) is 19.0 Å². The molecule has 1 heterocycles. The summed E-state index contributed by atoms with van der Waals surface area (Å²) in [6, 6.07) is 8.81. The second-order valence-corrected chi connectivity index (χ2v) is 6.73. The highest BCUT2D eigenvalue weighted by Crippen LogP contribution is 2.21. The molecule has 0 aliphatic heterocycles. The minimum absolute atomic E-state index is 0.0405. The van der Waals surface area contributed by atoms with Crippen molar-refractivity contribution in [2.24, 2.45) is 0 Å². The molecule has 1 aromatic carbocycles. The average Bonchev–Trinajstić information content (AvgIpc) is 2.53. The van der Waals surface area contributed by atoms with Crippen molar-refractivity contribution in [2.75, 3.05) is 31.8 Å². The van der Waals surface area contributed by atoms with Gasteiger partial charge in [-0.3, -0.25) is 4.90 Å². The molecule has 2 rings (SSSR count). The van der Waals surface area contributed by atoms with Crippen LogP contribution in [0.5, 0.6) is 0 Å². The molecule has 0 aliphatic rings. The van der Waals surface area contributed by atoms with E-state index < -0.39 is 0 Å². The number of anilines is 2. The molecule has 0 aliphatic carbocycles. The Labute approximate surface area is 144 Å². The van der Waals surface area contributed by atoms with Gasteiger partial charge in [-0.05, 0) is 31.0 Å². The maximum atomic E-state index is 5.83. The van der Waals surface area contributed by atoms with E-state index in [2.05, 4.69) is 71.9 Å². The Morgan fingerprint density at radius 3 is 2.12 bits per heavy atom. The minimum atomic E-state index is 0.0405. The summed E-state index contributed by atoms with van der Waals surface area (Å²) in [5, 5.41) is 0. The van der Waals surface area contributed by atoms with Crippen LogP contribution in [0, 0.1) is 0 Å². The van der Waals surface area contributed by atoms with Crippen LogP contribution in [0.2, 0.25) is 0 Å². The zero-order valence-corrected chi connectivity index (χ0v) is 15.5. The SMILES string of the molecule is CC(C)c1ccc(CN(C)C(C)c2nc(N)nc(N(C)C)n2)cc1. The van der Waals surface area contributed by atoms with E-state index in [0.717, 1.165) is 6.54 Å². The highest BCUT2D eigenvalue weighted by atomic mass is 15.3. The van der Waals surface area contributed by atoms with E-state index >= 15 is 0 Å². The second kappa shape index (κ2) is 7.57. The summed E-state index contributed by atoms with van der Waals surface area (Å²) in [5.74, 6) is 2.07. The first-order chi connectivity index (χ1) is 11.3. The van der Waals surface area contributed by atoms with E-state index in [9.17, 15) is 0 Å². The number of benzene rings is 1. The number of hydrogen-bond donors (Lipinski definition) is 1. The number of nitrogen functional groups attached to an aromatic ring is 1. The molecule has 0 radical (unpaired) electrons. The Balaban J connectivity index is 2.13. The fourth-order valence-electron chi connectivity index (χ4n) is 2.41. The molecule has 2 aromatic rings. The molecule has 24 heavy (non-hydrogen) atoms. The van der Waals surface area contributed by atoms with Crippen molar-refractivity contribution in [3.8, 4) is 0 Å². The van der Waals surface area contributed by atoms with E-state index in [4.69, 9.17) is 5.73 Å². The van der Waals surface area contributed by atoms with Gasteiger partial charge in [0, 0.05) is 20.6 Å². The molecule has 0 spiro atoms. The van der Waals surface area contributed by atoms with Crippen molar-refractivity contribution < 1.29 is 0 Å². The largest absolute Gasteiger partial charge is 0.368 e. The Morgan fingerprint density at radius 2 is 1.58 bits per heavy atom. The lowest BCUT2D eigenvalue weighted by Gasteiger charge is -2.24. The van der Waals surface area contributed by atoms with Crippen molar-refractivity contribution in [3.05, 3.63) is 41.2 Å². The summed E-state index contributed by atoms with van der Waals surface area (Å²) >= 11 is 0. The lowest BCUT2D eigenvalue weighted by atomic mass is 10.0. The topological polar surface area (TPSA) is 71.2 Å². The Hall–Kier alpha value is -2.21. The minimum Gasteiger partial charge on any atom is -0.368 e. The van der Waals surface area contributed by atoms with Crippen LogP contribution in [-0.4, -0.2) is 41.0 Å². The van der Waals surface area contributed by atoms with E-state index in [0.29, 0.717) is 17.7 Å². The van der Waals surface area contributed by atoms with Crippen LogP contribution >= 0.6 is 0 Å². The van der Waals surface area contributed by atoms with Gasteiger partial charge in [0.05, 0.1) is 6.04 Å². The summed E-state index contributed by atoms with van der Waals surface area (Å²) in [7, 11) is 5.85. The van der Waals surface area contributed by atoms with Gasteiger partial charge in [-0.2, -0.15) is 15.0 Å². The molecule has 130 valence electrons. The van der Waals surface area contributed by atoms with Crippen molar-refractivity contribution in [2.45, 2.75) is 39.3 Å². The second-order valence-electron chi connectivity index (χ2n) is 6.73. The number of nitrogens with zero attached hydrogens (tertiary/aromatic N) is 5. The number of nitrogens with two attached hydrogens (primary N) is 1. The average molecular weight is 328 g/mol. The van der Waals surface area contributed by atoms with E-state index in [-0.39, 0.29) is 12.0 Å². The van der Waals surface area contributed by atoms with Gasteiger partial charge < -0.3 is 10.6 Å². The Morgan fingerprint density at radius 1 is 0.958 bits per heavy atom. The molecule has 0 saturated carbocycles. The van der Waals surface area contributed by atoms with Gasteiger partial charge in [-0.15, -0.1) is 0 Å². The fraction of sp³-hybridized carbons (Fsp3) is 0.500. The Kier molecular flexibility index (Phi) is 5.72. The predicted octanol–water partition coefficient (Wildman–Crippen LogP) is 2.84. The monoisotopic (exact) mass is 328 g/mol. The fourth-order valence-corrected chi connectivity index (χ4v) is 2.41. The normalized spacial score (nSPS) is 12.7. The highest BCUT2D eigenvalue weighted by molar-refractivity contribution is 5.33. The van der Waals surface area contributed by atoms with Gasteiger partial charge in [-0.1, -0.05) is 38.1 Å².